The average Bonchev–Trinajstić information content (AvgIpc) is 3.89. The normalized spacial score (nSPS) is 12.1. The van der Waals surface area contributed by atoms with E-state index >= 15 is 0 Å². The van der Waals surface area contributed by atoms with E-state index in [1.54, 1.807) is 0 Å². The Labute approximate surface area is 374 Å². The van der Waals surface area contributed by atoms with Gasteiger partial charge in [0, 0.05) is 36.6 Å². The zero-order valence-corrected chi connectivity index (χ0v) is 35.5. The molecule has 0 amide bonds. The van der Waals surface area contributed by atoms with E-state index < -0.39 is 0 Å². The van der Waals surface area contributed by atoms with Gasteiger partial charge in [-0.1, -0.05) is 182 Å². The topological polar surface area (TPSA) is 4.93 Å². The van der Waals surface area contributed by atoms with E-state index in [-0.39, 0.29) is 0 Å². The van der Waals surface area contributed by atoms with Gasteiger partial charge in [0.2, 0.25) is 0 Å². The molecule has 13 aromatic rings. The van der Waals surface area contributed by atoms with Crippen LogP contribution in [0.25, 0.3) is 136 Å². The summed E-state index contributed by atoms with van der Waals surface area (Å²) in [4.78, 5) is 0. The van der Waals surface area contributed by atoms with E-state index in [2.05, 4.69) is 229 Å². The van der Waals surface area contributed by atoms with Gasteiger partial charge in [0.1, 0.15) is 0 Å². The molecule has 0 unspecified atom stereocenters. The number of para-hydroxylation sites is 1. The van der Waals surface area contributed by atoms with Crippen molar-refractivity contribution in [2.24, 2.45) is 0 Å². The van der Waals surface area contributed by atoms with Crippen LogP contribution in [0.1, 0.15) is 0 Å². The number of thiophene rings is 1. The number of aromatic nitrogens is 1. The first-order valence-electron chi connectivity index (χ1n) is 22.1. The van der Waals surface area contributed by atoms with Crippen LogP contribution in [0.5, 0.6) is 0 Å². The van der Waals surface area contributed by atoms with Crippen LogP contribution in [0.4, 0.5) is 0 Å². The molecule has 1 aliphatic rings. The van der Waals surface area contributed by atoms with Crippen LogP contribution in [0.2, 0.25) is 0 Å². The number of hydrogen-bond acceptors (Lipinski definition) is 1. The lowest BCUT2D eigenvalue weighted by molar-refractivity contribution is 1.18. The quantitative estimate of drug-likeness (QED) is 0.156. The van der Waals surface area contributed by atoms with Crippen molar-refractivity contribution in [3.05, 3.63) is 224 Å². The zero-order chi connectivity index (χ0) is 41.9. The number of hydrogen-bond donors (Lipinski definition) is 0. The Balaban J connectivity index is 0.963. The van der Waals surface area contributed by atoms with Crippen LogP contribution in [-0.2, 0) is 0 Å². The van der Waals surface area contributed by atoms with Crippen LogP contribution in [0, 0.1) is 0 Å². The third-order valence-electron chi connectivity index (χ3n) is 13.8. The van der Waals surface area contributed by atoms with E-state index in [0.717, 1.165) is 5.69 Å². The Kier molecular flexibility index (Phi) is 7.63. The maximum absolute atomic E-state index is 2.46. The number of nitrogens with zero attached hydrogens (tertiary/aromatic N) is 1. The minimum atomic E-state index is 1.16. The van der Waals surface area contributed by atoms with Gasteiger partial charge in [-0.05, 0) is 131 Å². The third-order valence-corrected chi connectivity index (χ3v) is 14.9. The van der Waals surface area contributed by atoms with Gasteiger partial charge < -0.3 is 4.57 Å². The zero-order valence-electron chi connectivity index (χ0n) is 34.7. The molecule has 296 valence electrons. The van der Waals surface area contributed by atoms with Crippen molar-refractivity contribution in [2.75, 3.05) is 0 Å². The smallest absolute Gasteiger partial charge is 0.0548 e. The predicted molar refractivity (Wildman–Crippen MR) is 275 cm³/mol. The van der Waals surface area contributed by atoms with E-state index in [1.807, 2.05) is 11.3 Å². The average molecular weight is 828 g/mol. The monoisotopic (exact) mass is 827 g/mol. The summed E-state index contributed by atoms with van der Waals surface area (Å²) in [5.74, 6) is 0. The number of rotatable bonds is 3. The lowest BCUT2D eigenvalue weighted by Gasteiger charge is -2.24. The van der Waals surface area contributed by atoms with Gasteiger partial charge in [-0.3, -0.25) is 0 Å². The van der Waals surface area contributed by atoms with Crippen LogP contribution < -0.4 is 0 Å². The van der Waals surface area contributed by atoms with Crippen molar-refractivity contribution in [1.29, 1.82) is 0 Å². The minimum Gasteiger partial charge on any atom is -0.309 e. The summed E-state index contributed by atoms with van der Waals surface area (Å²) in [7, 11) is 0. The Morgan fingerprint density at radius 1 is 0.250 bits per heavy atom. The molecule has 64 heavy (non-hydrogen) atoms. The Morgan fingerprint density at radius 3 is 1.27 bits per heavy atom. The fraction of sp³-hybridized carbons (Fsp3) is 0. The second-order valence-electron chi connectivity index (χ2n) is 17.1. The maximum atomic E-state index is 2.46. The molecule has 2 heterocycles. The highest BCUT2D eigenvalue weighted by Crippen LogP contribution is 2.51. The van der Waals surface area contributed by atoms with Crippen molar-refractivity contribution in [1.82, 2.24) is 4.57 Å². The fourth-order valence-corrected chi connectivity index (χ4v) is 12.1. The Bertz CT molecular complexity index is 4010. The molecule has 2 aromatic heterocycles. The SMILES string of the molecule is c1ccc2c(c1)-c1ccccc1-c1ccc(-c3c4ccccc4c(-c4ccc(-n5c6ccccc6c6cc7sc8ccccc8c7cc65)cc4)c4ccccc34)cc1-c1ccccc1-2. The van der Waals surface area contributed by atoms with Gasteiger partial charge in [-0.25, -0.2) is 0 Å². The molecular formula is C62H37NS. The summed E-state index contributed by atoms with van der Waals surface area (Å²) in [6.07, 6.45) is 0. The molecule has 1 aliphatic carbocycles. The van der Waals surface area contributed by atoms with Crippen molar-refractivity contribution >= 4 is 74.9 Å². The molecule has 0 radical (unpaired) electrons. The molecule has 0 bridgehead atoms. The molecule has 14 rings (SSSR count). The molecule has 0 saturated heterocycles. The third kappa shape index (κ3) is 5.12. The number of benzene rings is 11. The van der Waals surface area contributed by atoms with Crippen LogP contribution in [0.3, 0.4) is 0 Å². The lowest BCUT2D eigenvalue weighted by Crippen LogP contribution is -1.98. The maximum Gasteiger partial charge on any atom is 0.0548 e. The van der Waals surface area contributed by atoms with Crippen molar-refractivity contribution < 1.29 is 0 Å². The largest absolute Gasteiger partial charge is 0.309 e. The highest BCUT2D eigenvalue weighted by atomic mass is 32.1. The summed E-state index contributed by atoms with van der Waals surface area (Å²) >= 11 is 1.88. The summed E-state index contributed by atoms with van der Waals surface area (Å²) in [6, 6.07) is 83.7. The van der Waals surface area contributed by atoms with Gasteiger partial charge in [0.05, 0.1) is 11.0 Å². The molecule has 0 N–H and O–H groups in total. The fourth-order valence-electron chi connectivity index (χ4n) is 11.0. The van der Waals surface area contributed by atoms with E-state index in [9.17, 15) is 0 Å². The van der Waals surface area contributed by atoms with E-state index in [0.29, 0.717) is 0 Å². The first-order valence-corrected chi connectivity index (χ1v) is 22.9. The Morgan fingerprint density at radius 2 is 0.688 bits per heavy atom. The molecule has 11 aromatic carbocycles. The van der Waals surface area contributed by atoms with Gasteiger partial charge in [-0.2, -0.15) is 0 Å². The van der Waals surface area contributed by atoms with E-state index in [1.165, 1.54) is 130 Å². The first kappa shape index (κ1) is 35.5. The molecule has 0 fully saturated rings. The van der Waals surface area contributed by atoms with Crippen LogP contribution in [0.15, 0.2) is 224 Å². The summed E-state index contributed by atoms with van der Waals surface area (Å²) in [6.45, 7) is 0. The van der Waals surface area contributed by atoms with Gasteiger partial charge in [0.15, 0.2) is 0 Å². The van der Waals surface area contributed by atoms with Gasteiger partial charge in [0.25, 0.3) is 0 Å². The summed E-state index contributed by atoms with van der Waals surface area (Å²) < 4.78 is 5.11. The summed E-state index contributed by atoms with van der Waals surface area (Å²) in [5.41, 5.74) is 18.6. The molecular weight excluding hydrogens is 791 g/mol. The van der Waals surface area contributed by atoms with Crippen molar-refractivity contribution in [2.45, 2.75) is 0 Å². The highest BCUT2D eigenvalue weighted by Gasteiger charge is 2.24. The molecule has 0 saturated carbocycles. The second kappa shape index (κ2) is 13.7. The van der Waals surface area contributed by atoms with Crippen molar-refractivity contribution in [3.8, 4) is 72.4 Å². The molecule has 0 spiro atoms. The minimum absolute atomic E-state index is 1.16. The molecule has 1 nitrogen and oxygen atoms in total. The van der Waals surface area contributed by atoms with Crippen molar-refractivity contribution in [3.63, 3.8) is 0 Å². The van der Waals surface area contributed by atoms with Crippen LogP contribution >= 0.6 is 11.3 Å². The molecule has 0 atom stereocenters. The van der Waals surface area contributed by atoms with Gasteiger partial charge in [-0.15, -0.1) is 11.3 Å². The highest BCUT2D eigenvalue weighted by molar-refractivity contribution is 7.25. The van der Waals surface area contributed by atoms with Crippen LogP contribution in [-0.4, -0.2) is 4.57 Å². The first-order chi connectivity index (χ1) is 31.8. The Hall–Kier alpha value is -8.04. The molecule has 2 heteroatoms. The predicted octanol–water partition coefficient (Wildman–Crippen LogP) is 17.8. The molecule has 0 aliphatic heterocycles. The van der Waals surface area contributed by atoms with E-state index in [4.69, 9.17) is 0 Å². The second-order valence-corrected chi connectivity index (χ2v) is 18.2. The van der Waals surface area contributed by atoms with Gasteiger partial charge >= 0.3 is 0 Å². The lowest BCUT2D eigenvalue weighted by atomic mass is 9.79. The summed E-state index contributed by atoms with van der Waals surface area (Å²) in [5, 5.41) is 10.2. The number of fused-ring (bicyclic) bond motifs is 16. The standard InChI is InChI=1S/C62H37NS/c1-2-16-42-41(15-1)43-17-3-4-19-45(43)47-34-31-39(35-54(47)46-20-6-5-18-44(42)46)62-52-25-9-7-23-50(52)61(51-24-8-10-26-53(51)62)38-29-32-40(33-30-38)63-57-27-13-11-21-48(57)55-37-60-56(36-58(55)63)49-22-12-14-28-59(49)64-60/h1-37H.